The highest BCUT2D eigenvalue weighted by Gasteiger charge is 2.21. The predicted molar refractivity (Wildman–Crippen MR) is 107 cm³/mol. The summed E-state index contributed by atoms with van der Waals surface area (Å²) in [4.78, 5) is 3.20. The standard InChI is InChI=1S/C16H18N4O6S3/c17-27(21,22)13-5-2-7-15(11-13)28(23,24)19-12-4-1-6-14(10-12)29(25,26)20-16-8-3-9-18-16/h1-2,4-7,10-11,19H,3,8-9H2,(H,18,20)(H2,17,21,22). The van der Waals surface area contributed by atoms with Gasteiger partial charge in [0.25, 0.3) is 20.0 Å². The first-order valence-corrected chi connectivity index (χ1v) is 12.8. The van der Waals surface area contributed by atoms with Gasteiger partial charge in [-0.2, -0.15) is 0 Å². The van der Waals surface area contributed by atoms with Gasteiger partial charge < -0.3 is 0 Å². The number of anilines is 1. The molecule has 0 saturated heterocycles. The molecule has 13 heteroatoms. The summed E-state index contributed by atoms with van der Waals surface area (Å²) in [6.07, 6.45) is 1.28. The highest BCUT2D eigenvalue weighted by molar-refractivity contribution is 7.93. The number of nitrogens with zero attached hydrogens (tertiary/aromatic N) is 1. The van der Waals surface area contributed by atoms with Crippen LogP contribution >= 0.6 is 0 Å². The van der Waals surface area contributed by atoms with Crippen LogP contribution < -0.4 is 14.6 Å². The van der Waals surface area contributed by atoms with Crippen LogP contribution in [0.3, 0.4) is 0 Å². The summed E-state index contributed by atoms with van der Waals surface area (Å²) in [5.74, 6) is 0.357. The Morgan fingerprint density at radius 3 is 2.00 bits per heavy atom. The molecule has 0 saturated carbocycles. The second-order valence-corrected chi connectivity index (χ2v) is 11.1. The van der Waals surface area contributed by atoms with E-state index in [4.69, 9.17) is 5.14 Å². The van der Waals surface area contributed by atoms with E-state index in [1.807, 2.05) is 0 Å². The lowest BCUT2D eigenvalue weighted by atomic mass is 10.3. The number of sulfonamides is 3. The third-order valence-corrected chi connectivity index (χ3v) is 7.64. The summed E-state index contributed by atoms with van der Waals surface area (Å²) in [6, 6.07) is 9.73. The van der Waals surface area contributed by atoms with Crippen molar-refractivity contribution in [1.29, 1.82) is 0 Å². The monoisotopic (exact) mass is 458 g/mol. The first kappa shape index (κ1) is 21.2. The van der Waals surface area contributed by atoms with Crippen molar-refractivity contribution in [3.8, 4) is 0 Å². The molecule has 10 nitrogen and oxygen atoms in total. The number of amidine groups is 1. The minimum absolute atomic E-state index is 0.0118. The molecule has 3 rings (SSSR count). The van der Waals surface area contributed by atoms with Gasteiger partial charge in [0.05, 0.1) is 20.4 Å². The summed E-state index contributed by atoms with van der Waals surface area (Å²) in [5.41, 5.74) is -0.0118. The van der Waals surface area contributed by atoms with Crippen molar-refractivity contribution in [2.75, 3.05) is 11.3 Å². The average molecular weight is 459 g/mol. The van der Waals surface area contributed by atoms with Crippen molar-refractivity contribution in [2.24, 2.45) is 10.1 Å². The van der Waals surface area contributed by atoms with E-state index in [1.54, 1.807) is 0 Å². The molecule has 1 heterocycles. The molecule has 2 aromatic carbocycles. The Morgan fingerprint density at radius 2 is 1.38 bits per heavy atom. The summed E-state index contributed by atoms with van der Waals surface area (Å²) in [7, 11) is -12.2. The second kappa shape index (κ2) is 7.74. The second-order valence-electron chi connectivity index (χ2n) is 6.19. The van der Waals surface area contributed by atoms with Gasteiger partial charge in [0.2, 0.25) is 10.0 Å². The molecule has 0 aromatic heterocycles. The number of nitrogens with one attached hydrogen (secondary N) is 2. The molecule has 0 amide bonds. The van der Waals surface area contributed by atoms with Gasteiger partial charge in [-0.1, -0.05) is 12.1 Å². The Balaban J connectivity index is 1.88. The molecule has 0 spiro atoms. The number of rotatable bonds is 6. The first-order chi connectivity index (χ1) is 13.5. The Morgan fingerprint density at radius 1 is 0.793 bits per heavy atom. The van der Waals surface area contributed by atoms with Gasteiger partial charge in [-0.05, 0) is 42.8 Å². The van der Waals surface area contributed by atoms with E-state index in [9.17, 15) is 25.3 Å². The van der Waals surface area contributed by atoms with Crippen molar-refractivity contribution >= 4 is 41.6 Å². The Labute approximate surface area is 169 Å². The van der Waals surface area contributed by atoms with Gasteiger partial charge >= 0.3 is 0 Å². The summed E-state index contributed by atoms with van der Waals surface area (Å²) >= 11 is 0. The molecular formula is C16H18N4O6S3. The molecule has 0 aliphatic carbocycles. The lowest BCUT2D eigenvalue weighted by molar-refractivity contribution is 0.591. The predicted octanol–water partition coefficient (Wildman–Crippen LogP) is 0.605. The fourth-order valence-electron chi connectivity index (χ4n) is 2.60. The molecule has 29 heavy (non-hydrogen) atoms. The third-order valence-electron chi connectivity index (χ3n) is 3.97. The van der Waals surface area contributed by atoms with Crippen molar-refractivity contribution in [1.82, 2.24) is 4.72 Å². The molecule has 1 aliphatic rings. The van der Waals surface area contributed by atoms with Gasteiger partial charge in [-0.15, -0.1) is 0 Å². The molecule has 4 N–H and O–H groups in total. The zero-order valence-corrected chi connectivity index (χ0v) is 17.4. The van der Waals surface area contributed by atoms with Crippen LogP contribution in [-0.4, -0.2) is 37.6 Å². The Bertz CT molecular complexity index is 1290. The SMILES string of the molecule is NS(=O)(=O)c1cccc(S(=O)(=O)Nc2cccc(S(=O)(=O)NC3=NCCC3)c2)c1. The van der Waals surface area contributed by atoms with Crippen molar-refractivity contribution in [2.45, 2.75) is 27.5 Å². The van der Waals surface area contributed by atoms with Crippen molar-refractivity contribution < 1.29 is 25.3 Å². The minimum Gasteiger partial charge on any atom is -0.280 e. The summed E-state index contributed by atoms with van der Waals surface area (Å²) < 4.78 is 77.7. The topological polar surface area (TPSA) is 165 Å². The summed E-state index contributed by atoms with van der Waals surface area (Å²) in [5, 5.41) is 5.03. The van der Waals surface area contributed by atoms with Gasteiger partial charge in [0.15, 0.2) is 0 Å². The lowest BCUT2D eigenvalue weighted by Gasteiger charge is -2.11. The zero-order chi connectivity index (χ0) is 21.3. The van der Waals surface area contributed by atoms with Crippen LogP contribution in [0.5, 0.6) is 0 Å². The normalized spacial score (nSPS) is 15.0. The van der Waals surface area contributed by atoms with Gasteiger partial charge in [-0.3, -0.25) is 14.4 Å². The van der Waals surface area contributed by atoms with E-state index in [2.05, 4.69) is 14.4 Å². The third kappa shape index (κ3) is 5.12. The van der Waals surface area contributed by atoms with Crippen LogP contribution in [0.1, 0.15) is 12.8 Å². The maximum absolute atomic E-state index is 12.6. The van der Waals surface area contributed by atoms with Gasteiger partial charge in [0, 0.05) is 13.0 Å². The zero-order valence-electron chi connectivity index (χ0n) is 14.9. The number of aliphatic imine (C=N–C) groups is 1. The average Bonchev–Trinajstić information content (AvgIpc) is 3.13. The number of hydrogen-bond donors (Lipinski definition) is 3. The van der Waals surface area contributed by atoms with Crippen LogP contribution in [0, 0.1) is 0 Å². The first-order valence-electron chi connectivity index (χ1n) is 8.29. The quantitative estimate of drug-likeness (QED) is 0.573. The molecule has 1 aliphatic heterocycles. The van der Waals surface area contributed by atoms with E-state index in [-0.39, 0.29) is 20.4 Å². The highest BCUT2D eigenvalue weighted by atomic mass is 32.2. The molecule has 0 bridgehead atoms. The molecular weight excluding hydrogens is 440 g/mol. The van der Waals surface area contributed by atoms with Crippen LogP contribution in [0.25, 0.3) is 0 Å². The lowest BCUT2D eigenvalue weighted by Crippen LogP contribution is -2.29. The largest absolute Gasteiger partial charge is 0.280 e. The van der Waals surface area contributed by atoms with E-state index in [1.165, 1.54) is 36.4 Å². The Kier molecular flexibility index (Phi) is 5.67. The van der Waals surface area contributed by atoms with E-state index in [0.29, 0.717) is 18.8 Å². The van der Waals surface area contributed by atoms with Crippen LogP contribution in [0.4, 0.5) is 5.69 Å². The molecule has 2 aromatic rings. The van der Waals surface area contributed by atoms with Crippen LogP contribution in [0.15, 0.2) is 68.2 Å². The maximum Gasteiger partial charge on any atom is 0.262 e. The van der Waals surface area contributed by atoms with Crippen LogP contribution in [-0.2, 0) is 30.1 Å². The summed E-state index contributed by atoms with van der Waals surface area (Å²) in [6.45, 7) is 0.551. The smallest absolute Gasteiger partial charge is 0.262 e. The fourth-order valence-corrected chi connectivity index (χ4v) is 5.46. The van der Waals surface area contributed by atoms with Crippen molar-refractivity contribution in [3.63, 3.8) is 0 Å². The van der Waals surface area contributed by atoms with Gasteiger partial charge in [0.1, 0.15) is 5.84 Å². The molecule has 0 radical (unpaired) electrons. The van der Waals surface area contributed by atoms with Gasteiger partial charge in [-0.25, -0.2) is 30.4 Å². The number of nitrogens with two attached hydrogens (primary N) is 1. The van der Waals surface area contributed by atoms with Crippen molar-refractivity contribution in [3.05, 3.63) is 48.5 Å². The minimum atomic E-state index is -4.19. The molecule has 156 valence electrons. The van der Waals surface area contributed by atoms with E-state index < -0.39 is 30.1 Å². The van der Waals surface area contributed by atoms with E-state index >= 15 is 0 Å². The number of primary sulfonamides is 1. The van der Waals surface area contributed by atoms with Crippen LogP contribution in [0.2, 0.25) is 0 Å². The highest BCUT2D eigenvalue weighted by Crippen LogP contribution is 2.21. The molecule has 0 atom stereocenters. The number of benzene rings is 2. The number of hydrogen-bond acceptors (Lipinski definition) is 7. The van der Waals surface area contributed by atoms with E-state index in [0.717, 1.165) is 18.6 Å². The fraction of sp³-hybridized carbons (Fsp3) is 0.188. The molecule has 0 fully saturated rings. The maximum atomic E-state index is 12.6. The Hall–Kier alpha value is -2.48. The molecule has 0 unspecified atom stereocenters.